The monoisotopic (exact) mass is 228 g/mol. The lowest BCUT2D eigenvalue weighted by Gasteiger charge is -2.36. The van der Waals surface area contributed by atoms with E-state index in [1.165, 1.54) is 0 Å². The fourth-order valence-corrected chi connectivity index (χ4v) is 2.10. The van der Waals surface area contributed by atoms with E-state index in [2.05, 4.69) is 13.8 Å². The number of carbonyl (C=O) groups excluding carboxylic acids is 1. The first-order valence-electron chi connectivity index (χ1n) is 5.99. The molecule has 0 bridgehead atoms. The predicted molar refractivity (Wildman–Crippen MR) is 64.1 cm³/mol. The number of likely N-dealkylation sites (tertiary alicyclic amines) is 1. The Labute approximate surface area is 98.1 Å². The van der Waals surface area contributed by atoms with Crippen LogP contribution in [-0.4, -0.2) is 43.7 Å². The van der Waals surface area contributed by atoms with Crippen LogP contribution in [0.1, 0.15) is 33.1 Å². The lowest BCUT2D eigenvalue weighted by atomic mass is 9.88. The first-order chi connectivity index (χ1) is 7.46. The first kappa shape index (κ1) is 13.5. The highest BCUT2D eigenvalue weighted by atomic mass is 16.5. The highest BCUT2D eigenvalue weighted by Gasteiger charge is 2.30. The average Bonchev–Trinajstić information content (AvgIpc) is 2.22. The molecule has 4 heteroatoms. The summed E-state index contributed by atoms with van der Waals surface area (Å²) in [6.07, 6.45) is 2.81. The molecule has 0 aromatic rings. The molecule has 1 unspecified atom stereocenters. The molecular formula is C12H24N2O2. The number of methoxy groups -OCH3 is 1. The van der Waals surface area contributed by atoms with Gasteiger partial charge in [0.25, 0.3) is 0 Å². The summed E-state index contributed by atoms with van der Waals surface area (Å²) in [5.74, 6) is 0.108. The molecule has 16 heavy (non-hydrogen) atoms. The van der Waals surface area contributed by atoms with Crippen LogP contribution in [0.15, 0.2) is 0 Å². The first-order valence-corrected chi connectivity index (χ1v) is 5.99. The Balaban J connectivity index is 2.48. The lowest BCUT2D eigenvalue weighted by molar-refractivity contribution is -0.136. The van der Waals surface area contributed by atoms with Crippen molar-refractivity contribution in [3.63, 3.8) is 0 Å². The van der Waals surface area contributed by atoms with Crippen LogP contribution in [0.2, 0.25) is 0 Å². The Bertz CT molecular complexity index is 241. The molecule has 1 atom stereocenters. The standard InChI is InChI=1S/C12H24N2O2/c1-12(2,6-8-16-3)9-14-7-4-5-10(13)11(14)15/h10H,4-9,13H2,1-3H3. The zero-order valence-electron chi connectivity index (χ0n) is 10.7. The Hall–Kier alpha value is -0.610. The molecule has 0 spiro atoms. The van der Waals surface area contributed by atoms with Gasteiger partial charge in [0.05, 0.1) is 6.04 Å². The van der Waals surface area contributed by atoms with E-state index in [-0.39, 0.29) is 17.4 Å². The quantitative estimate of drug-likeness (QED) is 0.763. The minimum atomic E-state index is -0.285. The molecule has 0 aromatic heterocycles. The molecule has 1 aliphatic rings. The van der Waals surface area contributed by atoms with Gasteiger partial charge in [-0.25, -0.2) is 0 Å². The topological polar surface area (TPSA) is 55.6 Å². The number of nitrogens with two attached hydrogens (primary N) is 1. The summed E-state index contributed by atoms with van der Waals surface area (Å²) in [5, 5.41) is 0. The van der Waals surface area contributed by atoms with Gasteiger partial charge in [-0.2, -0.15) is 0 Å². The second-order valence-corrected chi connectivity index (χ2v) is 5.42. The number of hydrogen-bond acceptors (Lipinski definition) is 3. The van der Waals surface area contributed by atoms with E-state index in [1.54, 1.807) is 7.11 Å². The van der Waals surface area contributed by atoms with Crippen LogP contribution >= 0.6 is 0 Å². The molecule has 0 radical (unpaired) electrons. The van der Waals surface area contributed by atoms with Crippen molar-refractivity contribution < 1.29 is 9.53 Å². The normalized spacial score (nSPS) is 22.6. The van der Waals surface area contributed by atoms with Gasteiger partial charge in [0.2, 0.25) is 5.91 Å². The van der Waals surface area contributed by atoms with E-state index in [0.29, 0.717) is 0 Å². The van der Waals surface area contributed by atoms with Crippen LogP contribution in [-0.2, 0) is 9.53 Å². The SMILES string of the molecule is COCCC(C)(C)CN1CCCC(N)C1=O. The van der Waals surface area contributed by atoms with Crippen molar-refractivity contribution in [3.05, 3.63) is 0 Å². The van der Waals surface area contributed by atoms with Crippen molar-refractivity contribution in [2.24, 2.45) is 11.1 Å². The second kappa shape index (κ2) is 5.64. The smallest absolute Gasteiger partial charge is 0.239 e. The molecule has 1 heterocycles. The van der Waals surface area contributed by atoms with Gasteiger partial charge in [0.15, 0.2) is 0 Å². The van der Waals surface area contributed by atoms with Crippen molar-refractivity contribution in [1.82, 2.24) is 4.90 Å². The largest absolute Gasteiger partial charge is 0.385 e. The molecule has 1 amide bonds. The van der Waals surface area contributed by atoms with E-state index in [1.807, 2.05) is 4.90 Å². The van der Waals surface area contributed by atoms with E-state index in [0.717, 1.165) is 39.0 Å². The molecule has 1 saturated heterocycles. The molecule has 0 aromatic carbocycles. The highest BCUT2D eigenvalue weighted by molar-refractivity contribution is 5.82. The number of hydrogen-bond donors (Lipinski definition) is 1. The minimum Gasteiger partial charge on any atom is -0.385 e. The second-order valence-electron chi connectivity index (χ2n) is 5.42. The Morgan fingerprint density at radius 3 is 2.88 bits per heavy atom. The predicted octanol–water partition coefficient (Wildman–Crippen LogP) is 0.999. The maximum absolute atomic E-state index is 11.8. The maximum Gasteiger partial charge on any atom is 0.239 e. The lowest BCUT2D eigenvalue weighted by Crippen LogP contribution is -2.51. The Morgan fingerprint density at radius 1 is 1.56 bits per heavy atom. The van der Waals surface area contributed by atoms with Gasteiger partial charge < -0.3 is 15.4 Å². The summed E-state index contributed by atoms with van der Waals surface area (Å²) in [4.78, 5) is 13.8. The van der Waals surface area contributed by atoms with Gasteiger partial charge in [-0.3, -0.25) is 4.79 Å². The minimum absolute atomic E-state index is 0.0999. The molecular weight excluding hydrogens is 204 g/mol. The molecule has 1 aliphatic heterocycles. The third-order valence-electron chi connectivity index (χ3n) is 3.17. The van der Waals surface area contributed by atoms with Crippen molar-refractivity contribution >= 4 is 5.91 Å². The fourth-order valence-electron chi connectivity index (χ4n) is 2.10. The van der Waals surface area contributed by atoms with Gasteiger partial charge in [0, 0.05) is 26.8 Å². The van der Waals surface area contributed by atoms with E-state index >= 15 is 0 Å². The highest BCUT2D eigenvalue weighted by Crippen LogP contribution is 2.24. The van der Waals surface area contributed by atoms with Gasteiger partial charge in [-0.05, 0) is 24.7 Å². The van der Waals surface area contributed by atoms with Crippen molar-refractivity contribution in [2.75, 3.05) is 26.8 Å². The Kier molecular flexibility index (Phi) is 4.74. The fraction of sp³-hybridized carbons (Fsp3) is 0.917. The zero-order valence-corrected chi connectivity index (χ0v) is 10.7. The summed E-state index contributed by atoms with van der Waals surface area (Å²) in [6, 6.07) is -0.285. The van der Waals surface area contributed by atoms with Crippen molar-refractivity contribution in [3.8, 4) is 0 Å². The van der Waals surface area contributed by atoms with E-state index < -0.39 is 0 Å². The summed E-state index contributed by atoms with van der Waals surface area (Å²) in [7, 11) is 1.71. The van der Waals surface area contributed by atoms with Crippen LogP contribution in [0.4, 0.5) is 0 Å². The van der Waals surface area contributed by atoms with Crippen LogP contribution < -0.4 is 5.73 Å². The number of amides is 1. The van der Waals surface area contributed by atoms with Crippen molar-refractivity contribution in [1.29, 1.82) is 0 Å². The van der Waals surface area contributed by atoms with Gasteiger partial charge in [-0.1, -0.05) is 13.8 Å². The van der Waals surface area contributed by atoms with E-state index in [4.69, 9.17) is 10.5 Å². The van der Waals surface area contributed by atoms with Gasteiger partial charge >= 0.3 is 0 Å². The summed E-state index contributed by atoms with van der Waals surface area (Å²) in [5.41, 5.74) is 5.87. The molecule has 0 saturated carbocycles. The number of ether oxygens (including phenoxy) is 1. The molecule has 1 rings (SSSR count). The summed E-state index contributed by atoms with van der Waals surface area (Å²) in [6.45, 7) is 6.70. The number of nitrogens with zero attached hydrogens (tertiary/aromatic N) is 1. The summed E-state index contributed by atoms with van der Waals surface area (Å²) >= 11 is 0. The van der Waals surface area contributed by atoms with Gasteiger partial charge in [-0.15, -0.1) is 0 Å². The number of rotatable bonds is 5. The zero-order chi connectivity index (χ0) is 12.2. The van der Waals surface area contributed by atoms with Crippen LogP contribution in [0.5, 0.6) is 0 Å². The number of carbonyl (C=O) groups is 1. The van der Waals surface area contributed by atoms with Crippen LogP contribution in [0.3, 0.4) is 0 Å². The Morgan fingerprint density at radius 2 is 2.25 bits per heavy atom. The van der Waals surface area contributed by atoms with Crippen LogP contribution in [0.25, 0.3) is 0 Å². The van der Waals surface area contributed by atoms with E-state index in [9.17, 15) is 4.79 Å². The third-order valence-corrected chi connectivity index (χ3v) is 3.17. The van der Waals surface area contributed by atoms with Crippen molar-refractivity contribution in [2.45, 2.75) is 39.2 Å². The average molecular weight is 228 g/mol. The molecule has 2 N–H and O–H groups in total. The summed E-state index contributed by atoms with van der Waals surface area (Å²) < 4.78 is 5.09. The maximum atomic E-state index is 11.8. The molecule has 1 fully saturated rings. The number of piperidine rings is 1. The third kappa shape index (κ3) is 3.76. The molecule has 4 nitrogen and oxygen atoms in total. The van der Waals surface area contributed by atoms with Crippen LogP contribution in [0, 0.1) is 5.41 Å². The van der Waals surface area contributed by atoms with Gasteiger partial charge in [0.1, 0.15) is 0 Å². The molecule has 0 aliphatic carbocycles. The molecule has 94 valence electrons.